The van der Waals surface area contributed by atoms with E-state index in [0.29, 0.717) is 22.5 Å². The van der Waals surface area contributed by atoms with Crippen LogP contribution in [0.1, 0.15) is 39.2 Å². The molecule has 198 valence electrons. The van der Waals surface area contributed by atoms with Gasteiger partial charge in [0.2, 0.25) is 5.95 Å². The Morgan fingerprint density at radius 2 is 1.97 bits per heavy atom. The zero-order chi connectivity index (χ0) is 27.6. The number of carbonyl (C=O) groups excluding carboxylic acids is 1. The van der Waals surface area contributed by atoms with Crippen molar-refractivity contribution in [1.82, 2.24) is 14.9 Å². The average Bonchev–Trinajstić information content (AvgIpc) is 3.29. The number of hydrogen-bond acceptors (Lipinski definition) is 6. The molecule has 1 aromatic heterocycles. The Balaban J connectivity index is 1.65. The van der Waals surface area contributed by atoms with Crippen molar-refractivity contribution in [1.29, 1.82) is 0 Å². The van der Waals surface area contributed by atoms with Gasteiger partial charge >= 0.3 is 6.18 Å². The fourth-order valence-electron chi connectivity index (χ4n) is 4.26. The van der Waals surface area contributed by atoms with Crippen LogP contribution < -0.4 is 16.0 Å². The highest BCUT2D eigenvalue weighted by atomic mass is 19.4. The molecular formula is C27H26F4N6O. The number of likely N-dealkylation sites (tertiary alicyclic amines) is 1. The van der Waals surface area contributed by atoms with Gasteiger partial charge in [-0.2, -0.15) is 13.2 Å². The lowest BCUT2D eigenvalue weighted by Crippen LogP contribution is -2.34. The molecule has 3 aromatic rings. The summed E-state index contributed by atoms with van der Waals surface area (Å²) in [5.74, 6) is 4.06. The number of anilines is 3. The van der Waals surface area contributed by atoms with E-state index in [0.717, 1.165) is 37.7 Å². The van der Waals surface area contributed by atoms with E-state index >= 15 is 0 Å². The van der Waals surface area contributed by atoms with E-state index < -0.39 is 23.5 Å². The predicted octanol–water partition coefficient (Wildman–Crippen LogP) is 4.32. The number of amides is 1. The maximum absolute atomic E-state index is 14.7. The quantitative estimate of drug-likeness (QED) is 0.389. The Kier molecular flexibility index (Phi) is 7.55. The zero-order valence-electron chi connectivity index (χ0n) is 21.0. The van der Waals surface area contributed by atoms with E-state index in [1.54, 1.807) is 14.0 Å². The number of nitrogens with two attached hydrogens (primary N) is 1. The predicted molar refractivity (Wildman–Crippen MR) is 137 cm³/mol. The number of nitrogens with one attached hydrogen (secondary N) is 1. The smallest absolute Gasteiger partial charge is 0.369 e. The minimum absolute atomic E-state index is 0.0449. The van der Waals surface area contributed by atoms with Crippen LogP contribution in [-0.4, -0.2) is 54.0 Å². The first-order valence-corrected chi connectivity index (χ1v) is 11.8. The lowest BCUT2D eigenvalue weighted by atomic mass is 10.1. The molecule has 2 heterocycles. The molecule has 11 heteroatoms. The van der Waals surface area contributed by atoms with Gasteiger partial charge in [-0.3, -0.25) is 4.79 Å². The number of nitrogen functional groups attached to an aromatic ring is 1. The molecule has 1 amide bonds. The van der Waals surface area contributed by atoms with E-state index in [2.05, 4.69) is 32.0 Å². The minimum Gasteiger partial charge on any atom is -0.369 e. The summed E-state index contributed by atoms with van der Waals surface area (Å²) >= 11 is 0. The van der Waals surface area contributed by atoms with Gasteiger partial charge in [-0.25, -0.2) is 14.4 Å². The Bertz CT molecular complexity index is 1430. The van der Waals surface area contributed by atoms with Crippen LogP contribution >= 0.6 is 0 Å². The summed E-state index contributed by atoms with van der Waals surface area (Å²) in [6, 6.07) is 6.93. The first kappa shape index (κ1) is 26.9. The maximum atomic E-state index is 14.7. The number of aromatic nitrogens is 2. The Morgan fingerprint density at radius 1 is 1.21 bits per heavy atom. The molecule has 1 unspecified atom stereocenters. The molecule has 3 N–H and O–H groups in total. The van der Waals surface area contributed by atoms with Gasteiger partial charge in [-0.05, 0) is 63.3 Å². The summed E-state index contributed by atoms with van der Waals surface area (Å²) < 4.78 is 55.1. The third kappa shape index (κ3) is 6.03. The van der Waals surface area contributed by atoms with Crippen molar-refractivity contribution in [2.45, 2.75) is 25.6 Å². The molecule has 0 radical (unpaired) electrons. The van der Waals surface area contributed by atoms with Crippen LogP contribution in [0.25, 0.3) is 0 Å². The summed E-state index contributed by atoms with van der Waals surface area (Å²) in [6.07, 6.45) is -2.35. The molecule has 7 nitrogen and oxygen atoms in total. The van der Waals surface area contributed by atoms with Gasteiger partial charge in [0.05, 0.1) is 33.8 Å². The summed E-state index contributed by atoms with van der Waals surface area (Å²) in [6.45, 7) is 3.27. The summed E-state index contributed by atoms with van der Waals surface area (Å²) in [7, 11) is 3.73. The van der Waals surface area contributed by atoms with Gasteiger partial charge in [0.15, 0.2) is 0 Å². The molecule has 0 aliphatic carbocycles. The van der Waals surface area contributed by atoms with Crippen LogP contribution in [0.3, 0.4) is 0 Å². The standard InChI is InChI=1S/C27H26F4N6O/c1-16-18(14-33-26(32)34-16)6-4-17-5-8-22(28)21(12-17)25(38)35-23-13-19(27(29,30)31)7-9-24(23)37(3)20-10-11-36(2)15-20/h5,7-9,12-14,20H,10-11,15H2,1-3H3,(H,35,38)(H2,32,33,34). The van der Waals surface area contributed by atoms with Crippen molar-refractivity contribution < 1.29 is 22.4 Å². The van der Waals surface area contributed by atoms with Gasteiger partial charge in [-0.1, -0.05) is 11.8 Å². The number of alkyl halides is 3. The molecule has 4 rings (SSSR count). The van der Waals surface area contributed by atoms with E-state index in [9.17, 15) is 22.4 Å². The van der Waals surface area contributed by atoms with E-state index in [1.165, 1.54) is 24.4 Å². The normalized spacial score (nSPS) is 15.6. The van der Waals surface area contributed by atoms with Crippen molar-refractivity contribution in [2.75, 3.05) is 43.1 Å². The highest BCUT2D eigenvalue weighted by Gasteiger charge is 2.33. The molecule has 0 saturated carbocycles. The zero-order valence-corrected chi connectivity index (χ0v) is 21.0. The molecule has 1 saturated heterocycles. The number of aryl methyl sites for hydroxylation is 1. The Labute approximate surface area is 217 Å². The SMILES string of the molecule is Cc1nc(N)ncc1C#Cc1ccc(F)c(C(=O)Nc2cc(C(F)(F)F)ccc2N(C)C2CCN(C)C2)c1. The van der Waals surface area contributed by atoms with Crippen LogP contribution in [0, 0.1) is 24.6 Å². The first-order valence-electron chi connectivity index (χ1n) is 11.8. The number of halogens is 4. The molecule has 2 aromatic carbocycles. The minimum atomic E-state index is -4.62. The lowest BCUT2D eigenvalue weighted by Gasteiger charge is -2.29. The summed E-state index contributed by atoms with van der Waals surface area (Å²) in [4.78, 5) is 25.0. The van der Waals surface area contributed by atoms with Crippen molar-refractivity contribution in [2.24, 2.45) is 0 Å². The Morgan fingerprint density at radius 3 is 2.63 bits per heavy atom. The molecule has 38 heavy (non-hydrogen) atoms. The van der Waals surface area contributed by atoms with Crippen molar-refractivity contribution in [3.8, 4) is 11.8 Å². The van der Waals surface area contributed by atoms with Gasteiger partial charge in [0.25, 0.3) is 5.91 Å². The molecule has 1 fully saturated rings. The monoisotopic (exact) mass is 526 g/mol. The number of carbonyl (C=O) groups is 1. The van der Waals surface area contributed by atoms with Crippen LogP contribution in [0.4, 0.5) is 34.9 Å². The van der Waals surface area contributed by atoms with Crippen molar-refractivity contribution >= 4 is 23.2 Å². The fraction of sp³-hybridized carbons (Fsp3) is 0.296. The average molecular weight is 527 g/mol. The number of hydrogen-bond donors (Lipinski definition) is 2. The maximum Gasteiger partial charge on any atom is 0.416 e. The van der Waals surface area contributed by atoms with Crippen LogP contribution in [0.15, 0.2) is 42.6 Å². The molecule has 0 spiro atoms. The molecule has 0 bridgehead atoms. The molecule has 1 aliphatic heterocycles. The van der Waals surface area contributed by atoms with Crippen molar-refractivity contribution in [3.63, 3.8) is 0 Å². The third-order valence-corrected chi connectivity index (χ3v) is 6.42. The summed E-state index contributed by atoms with van der Waals surface area (Å²) in [5, 5.41) is 2.50. The van der Waals surface area contributed by atoms with Crippen LogP contribution in [0.5, 0.6) is 0 Å². The van der Waals surface area contributed by atoms with Crippen molar-refractivity contribution in [3.05, 3.63) is 76.4 Å². The van der Waals surface area contributed by atoms with E-state index in [1.807, 2.05) is 11.9 Å². The Hall–Kier alpha value is -4.17. The lowest BCUT2D eigenvalue weighted by molar-refractivity contribution is -0.137. The third-order valence-electron chi connectivity index (χ3n) is 6.42. The van der Waals surface area contributed by atoms with Crippen LogP contribution in [-0.2, 0) is 6.18 Å². The number of nitrogens with zero attached hydrogens (tertiary/aromatic N) is 4. The second-order valence-electron chi connectivity index (χ2n) is 9.17. The molecule has 1 atom stereocenters. The largest absolute Gasteiger partial charge is 0.416 e. The van der Waals surface area contributed by atoms with Gasteiger partial charge in [0, 0.05) is 31.4 Å². The fourth-order valence-corrected chi connectivity index (χ4v) is 4.26. The first-order chi connectivity index (χ1) is 17.9. The highest BCUT2D eigenvalue weighted by Crippen LogP contribution is 2.36. The van der Waals surface area contributed by atoms with Gasteiger partial charge in [-0.15, -0.1) is 0 Å². The van der Waals surface area contributed by atoms with Gasteiger partial charge < -0.3 is 20.9 Å². The number of benzene rings is 2. The second kappa shape index (κ2) is 10.7. The van der Waals surface area contributed by atoms with E-state index in [4.69, 9.17) is 5.73 Å². The molecule has 1 aliphatic rings. The molecular weight excluding hydrogens is 500 g/mol. The number of rotatable bonds is 4. The van der Waals surface area contributed by atoms with Gasteiger partial charge in [0.1, 0.15) is 5.82 Å². The second-order valence-corrected chi connectivity index (χ2v) is 9.17. The van der Waals surface area contributed by atoms with Crippen LogP contribution in [0.2, 0.25) is 0 Å². The van der Waals surface area contributed by atoms with E-state index in [-0.39, 0.29) is 23.2 Å². The topological polar surface area (TPSA) is 87.4 Å². The summed E-state index contributed by atoms with van der Waals surface area (Å²) in [5.41, 5.74) is 6.00. The number of likely N-dealkylation sites (N-methyl/N-ethyl adjacent to an activating group) is 2. The highest BCUT2D eigenvalue weighted by molar-refractivity contribution is 6.06.